The molecule has 0 aliphatic carbocycles. The maximum absolute atomic E-state index is 11.2. The van der Waals surface area contributed by atoms with E-state index in [9.17, 15) is 14.4 Å². The number of ether oxygens (including phenoxy) is 4. The van der Waals surface area contributed by atoms with Crippen LogP contribution < -0.4 is 92.4 Å². The van der Waals surface area contributed by atoms with Gasteiger partial charge in [0.2, 0.25) is 5.75 Å². The number of hydrogen-bond donors (Lipinski definition) is 0. The van der Waals surface area contributed by atoms with Crippen LogP contribution >= 0.6 is 7.82 Å². The van der Waals surface area contributed by atoms with Gasteiger partial charge in [0, 0.05) is 11.1 Å². The van der Waals surface area contributed by atoms with Gasteiger partial charge in [-0.25, -0.2) is 0 Å². The van der Waals surface area contributed by atoms with Crippen LogP contribution in [0.1, 0.15) is 5.56 Å². The summed E-state index contributed by atoms with van der Waals surface area (Å²) in [4.78, 5) is 22.4. The number of methoxy groups -OCH3 is 4. The molecule has 10 nitrogen and oxygen atoms in total. The molecule has 3 rings (SSSR count). The van der Waals surface area contributed by atoms with E-state index in [0.29, 0.717) is 33.9 Å². The number of aromatic nitrogens is 1. The van der Waals surface area contributed by atoms with Crippen molar-refractivity contribution in [3.63, 3.8) is 0 Å². The first kappa shape index (κ1) is 29.8. The predicted molar refractivity (Wildman–Crippen MR) is 107 cm³/mol. The van der Waals surface area contributed by atoms with Gasteiger partial charge in [-0.05, 0) is 42.3 Å². The second-order valence-electron chi connectivity index (χ2n) is 6.35. The zero-order chi connectivity index (χ0) is 22.8. The SMILES string of the molecule is COc1cc(-c2nocc2-c2cc(OC)c(OC)c(OP(=O)([O-])[O-])c2)cc(C)c1OC.[Na+].[Na+]. The van der Waals surface area contributed by atoms with Crippen molar-refractivity contribution in [2.45, 2.75) is 6.92 Å². The summed E-state index contributed by atoms with van der Waals surface area (Å²) in [7, 11) is 0.369. The summed E-state index contributed by atoms with van der Waals surface area (Å²) in [6, 6.07) is 6.47. The molecule has 0 N–H and O–H groups in total. The summed E-state index contributed by atoms with van der Waals surface area (Å²) in [6.45, 7) is 1.85. The van der Waals surface area contributed by atoms with E-state index in [4.69, 9.17) is 23.5 Å². The molecule has 0 radical (unpaired) electrons. The third kappa shape index (κ3) is 6.69. The van der Waals surface area contributed by atoms with Gasteiger partial charge in [-0.3, -0.25) is 0 Å². The molecule has 13 heteroatoms. The van der Waals surface area contributed by atoms with Crippen molar-refractivity contribution in [2.24, 2.45) is 0 Å². The predicted octanol–water partition coefficient (Wildman–Crippen LogP) is -3.43. The van der Waals surface area contributed by atoms with E-state index in [0.717, 1.165) is 5.56 Å². The summed E-state index contributed by atoms with van der Waals surface area (Å²) in [5.41, 5.74) is 2.82. The van der Waals surface area contributed by atoms with Gasteiger partial charge >= 0.3 is 59.1 Å². The first-order valence-electron chi connectivity index (χ1n) is 8.87. The zero-order valence-electron chi connectivity index (χ0n) is 19.5. The van der Waals surface area contributed by atoms with E-state index in [1.54, 1.807) is 19.2 Å². The summed E-state index contributed by atoms with van der Waals surface area (Å²) in [6.07, 6.45) is 1.38. The van der Waals surface area contributed by atoms with Crippen molar-refractivity contribution in [1.29, 1.82) is 0 Å². The maximum Gasteiger partial charge on any atom is 1.00 e. The molecule has 0 saturated carbocycles. The maximum atomic E-state index is 11.2. The summed E-state index contributed by atoms with van der Waals surface area (Å²) < 4.78 is 42.2. The van der Waals surface area contributed by atoms with E-state index < -0.39 is 7.82 Å². The fourth-order valence-corrected chi connectivity index (χ4v) is 3.59. The molecule has 0 aliphatic rings. The molecule has 0 unspecified atom stereocenters. The molecule has 2 aromatic carbocycles. The number of aryl methyl sites for hydroxylation is 1. The van der Waals surface area contributed by atoms with Gasteiger partial charge in [-0.2, -0.15) is 0 Å². The topological polar surface area (TPSA) is 135 Å². The number of benzene rings is 2. The van der Waals surface area contributed by atoms with Crippen LogP contribution in [0.2, 0.25) is 0 Å². The van der Waals surface area contributed by atoms with Crippen LogP contribution in [-0.4, -0.2) is 33.6 Å². The molecule has 0 atom stereocenters. The van der Waals surface area contributed by atoms with Crippen molar-refractivity contribution >= 4 is 7.82 Å². The Kier molecular flexibility index (Phi) is 11.3. The Hall–Kier alpha value is -1.20. The van der Waals surface area contributed by atoms with E-state index in [-0.39, 0.29) is 76.4 Å². The second-order valence-corrected chi connectivity index (χ2v) is 7.43. The molecule has 0 fully saturated rings. The van der Waals surface area contributed by atoms with Gasteiger partial charge in [0.1, 0.15) is 19.8 Å². The Morgan fingerprint density at radius 2 is 1.36 bits per heavy atom. The van der Waals surface area contributed by atoms with Gasteiger partial charge < -0.3 is 42.3 Å². The largest absolute Gasteiger partial charge is 1.00 e. The van der Waals surface area contributed by atoms with E-state index in [1.165, 1.54) is 33.7 Å². The molecule has 33 heavy (non-hydrogen) atoms. The second kappa shape index (κ2) is 12.5. The Bertz CT molecular complexity index is 1150. The minimum atomic E-state index is -5.36. The van der Waals surface area contributed by atoms with Crippen molar-refractivity contribution in [3.05, 3.63) is 36.1 Å². The van der Waals surface area contributed by atoms with E-state index >= 15 is 0 Å². The van der Waals surface area contributed by atoms with Crippen molar-refractivity contribution in [2.75, 3.05) is 28.4 Å². The van der Waals surface area contributed by atoms with Crippen LogP contribution in [0.3, 0.4) is 0 Å². The van der Waals surface area contributed by atoms with Gasteiger partial charge in [0.15, 0.2) is 23.0 Å². The van der Waals surface area contributed by atoms with Crippen LogP contribution in [0.5, 0.6) is 28.7 Å². The van der Waals surface area contributed by atoms with Crippen LogP contribution in [0.25, 0.3) is 22.4 Å². The first-order chi connectivity index (χ1) is 14.7. The molecule has 0 bridgehead atoms. The van der Waals surface area contributed by atoms with Crippen molar-refractivity contribution in [3.8, 4) is 51.1 Å². The molecular weight excluding hydrogens is 475 g/mol. The normalized spacial score (nSPS) is 10.5. The smallest absolute Gasteiger partial charge is 0.780 e. The molecule has 1 heterocycles. The summed E-state index contributed by atoms with van der Waals surface area (Å²) in [5, 5.41) is 4.07. The van der Waals surface area contributed by atoms with Gasteiger partial charge in [0.05, 0.1) is 28.4 Å². The Balaban J connectivity index is 0.00000272. The van der Waals surface area contributed by atoms with Gasteiger partial charge in [-0.15, -0.1) is 0 Å². The average molecular weight is 495 g/mol. The number of hydrogen-bond acceptors (Lipinski definition) is 10. The van der Waals surface area contributed by atoms with Crippen LogP contribution in [0, 0.1) is 6.92 Å². The van der Waals surface area contributed by atoms with Gasteiger partial charge in [0.25, 0.3) is 0 Å². The Morgan fingerprint density at radius 3 is 1.91 bits per heavy atom. The fraction of sp³-hybridized carbons (Fsp3) is 0.250. The number of phosphoric ester groups is 1. The molecule has 0 saturated heterocycles. The quantitative estimate of drug-likeness (QED) is 0.230. The Labute approximate surface area is 235 Å². The van der Waals surface area contributed by atoms with Gasteiger partial charge in [-0.1, -0.05) is 5.16 Å². The van der Waals surface area contributed by atoms with Crippen LogP contribution in [0.15, 0.2) is 35.1 Å². The van der Waals surface area contributed by atoms with Crippen LogP contribution in [-0.2, 0) is 4.57 Å². The summed E-state index contributed by atoms with van der Waals surface area (Å²) in [5.74, 6) is 0.874. The molecule has 1 aromatic heterocycles. The minimum Gasteiger partial charge on any atom is -0.780 e. The monoisotopic (exact) mass is 495 g/mol. The number of phosphoric acid groups is 1. The molecule has 3 aromatic rings. The fourth-order valence-electron chi connectivity index (χ4n) is 3.21. The minimum absolute atomic E-state index is 0. The molecule has 0 amide bonds. The molecular formula is C20H20NNa2O9P. The third-order valence-electron chi connectivity index (χ3n) is 4.47. The Morgan fingerprint density at radius 1 is 0.818 bits per heavy atom. The van der Waals surface area contributed by atoms with Crippen molar-refractivity contribution in [1.82, 2.24) is 5.16 Å². The molecule has 0 aliphatic heterocycles. The molecule has 166 valence electrons. The van der Waals surface area contributed by atoms with E-state index in [1.807, 2.05) is 13.0 Å². The van der Waals surface area contributed by atoms with E-state index in [2.05, 4.69) is 9.68 Å². The number of rotatable bonds is 8. The zero-order valence-corrected chi connectivity index (χ0v) is 24.3. The molecule has 0 spiro atoms. The number of nitrogens with zero attached hydrogens (tertiary/aromatic N) is 1. The standard InChI is InChI=1S/C20H22NO9P.2Na/c1-11-6-13(9-15(25-2)19(11)27-4)18-14(10-29-21-18)12-7-16(26-3)20(28-5)17(8-12)30-31(22,23)24;;/h6-10H,1-5H3,(H2,22,23,24);;/q;2*+1/p-2. The third-order valence-corrected chi connectivity index (χ3v) is 4.89. The first-order valence-corrected chi connectivity index (χ1v) is 10.3. The average Bonchev–Trinajstić information content (AvgIpc) is 3.21. The van der Waals surface area contributed by atoms with Crippen LogP contribution in [0.4, 0.5) is 0 Å². The van der Waals surface area contributed by atoms with Crippen molar-refractivity contribution < 1.29 is 101 Å². The summed E-state index contributed by atoms with van der Waals surface area (Å²) >= 11 is 0.